The summed E-state index contributed by atoms with van der Waals surface area (Å²) in [7, 11) is 0. The Balaban J connectivity index is 2.53. The summed E-state index contributed by atoms with van der Waals surface area (Å²) in [5.41, 5.74) is 0.270. The minimum absolute atomic E-state index is 0.270. The Morgan fingerprint density at radius 2 is 2.21 bits per heavy atom. The third-order valence-electron chi connectivity index (χ3n) is 2.14. The third kappa shape index (κ3) is 4.74. The summed E-state index contributed by atoms with van der Waals surface area (Å²) in [6.45, 7) is 3.66. The number of carbonyl (C=O) groups excluding carboxylic acids is 3. The molecule has 1 heterocycles. The maximum Gasteiger partial charge on any atom is 0.321 e. The van der Waals surface area contributed by atoms with E-state index in [1.54, 1.807) is 6.92 Å². The molecule has 19 heavy (non-hydrogen) atoms. The lowest BCUT2D eigenvalue weighted by molar-refractivity contribution is -0.126. The molecule has 1 aromatic rings. The molecule has 1 aromatic heterocycles. The molecule has 0 bridgehead atoms. The molecule has 0 aliphatic carbocycles. The van der Waals surface area contributed by atoms with Gasteiger partial charge in [0.15, 0.2) is 12.4 Å². The van der Waals surface area contributed by atoms with E-state index in [2.05, 4.69) is 15.6 Å². The molecule has 1 rings (SSSR count). The van der Waals surface area contributed by atoms with E-state index in [0.717, 1.165) is 0 Å². The van der Waals surface area contributed by atoms with Gasteiger partial charge in [0.25, 0.3) is 5.91 Å². The van der Waals surface area contributed by atoms with E-state index in [9.17, 15) is 14.4 Å². The second-order valence-electron chi connectivity index (χ2n) is 3.65. The molecule has 0 fully saturated rings. The molecule has 0 aromatic carbocycles. The molecule has 7 nitrogen and oxygen atoms in total. The summed E-state index contributed by atoms with van der Waals surface area (Å²) < 4.78 is 5.28. The molecule has 3 amide bonds. The monoisotopic (exact) mass is 265 g/mol. The highest BCUT2D eigenvalue weighted by molar-refractivity contribution is 5.96. The Kier molecular flexibility index (Phi) is 5.46. The molecule has 0 saturated carbocycles. The number of amides is 3. The first-order chi connectivity index (χ1) is 9.06. The van der Waals surface area contributed by atoms with Crippen molar-refractivity contribution in [2.75, 3.05) is 6.54 Å². The Morgan fingerprint density at radius 1 is 1.47 bits per heavy atom. The highest BCUT2D eigenvalue weighted by atomic mass is 16.5. The maximum absolute atomic E-state index is 11.6. The summed E-state index contributed by atoms with van der Waals surface area (Å²) in [4.78, 5) is 36.9. The second-order valence-corrected chi connectivity index (χ2v) is 3.65. The number of nitrogens with one attached hydrogen (secondary N) is 2. The van der Waals surface area contributed by atoms with Crippen LogP contribution in [0.25, 0.3) is 0 Å². The van der Waals surface area contributed by atoms with Crippen LogP contribution in [0, 0.1) is 0 Å². The number of urea groups is 1. The molecule has 0 aliphatic rings. The molecule has 0 radical (unpaired) electrons. The normalized spacial score (nSPS) is 11.3. The lowest BCUT2D eigenvalue weighted by Crippen LogP contribution is -2.45. The molecule has 7 heteroatoms. The Hall–Kier alpha value is -2.44. The first-order valence-electron chi connectivity index (χ1n) is 5.73. The molecule has 1 unspecified atom stereocenters. The average Bonchev–Trinajstić information content (AvgIpc) is 2.39. The van der Waals surface area contributed by atoms with Crippen LogP contribution < -0.4 is 15.4 Å². The van der Waals surface area contributed by atoms with Crippen molar-refractivity contribution in [3.8, 4) is 5.75 Å². The van der Waals surface area contributed by atoms with Gasteiger partial charge in [-0.1, -0.05) is 0 Å². The number of aromatic nitrogens is 1. The summed E-state index contributed by atoms with van der Waals surface area (Å²) in [5, 5.41) is 4.57. The zero-order valence-corrected chi connectivity index (χ0v) is 10.7. The van der Waals surface area contributed by atoms with Gasteiger partial charge in [0.05, 0.1) is 6.20 Å². The summed E-state index contributed by atoms with van der Waals surface area (Å²) in [5.74, 6) is -0.227. The largest absolute Gasteiger partial charge is 0.479 e. The fourth-order valence-electron chi connectivity index (χ4n) is 1.21. The van der Waals surface area contributed by atoms with E-state index >= 15 is 0 Å². The van der Waals surface area contributed by atoms with Crippen molar-refractivity contribution in [1.29, 1.82) is 0 Å². The highest BCUT2D eigenvalue weighted by Crippen LogP contribution is 2.10. The fraction of sp³-hybridized carbons (Fsp3) is 0.333. The van der Waals surface area contributed by atoms with Gasteiger partial charge in [-0.05, 0) is 26.0 Å². The van der Waals surface area contributed by atoms with Crippen LogP contribution in [0.1, 0.15) is 24.3 Å². The van der Waals surface area contributed by atoms with Crippen LogP contribution in [-0.2, 0) is 4.79 Å². The van der Waals surface area contributed by atoms with Gasteiger partial charge in [-0.15, -0.1) is 0 Å². The number of imide groups is 1. The molecule has 0 saturated heterocycles. The first kappa shape index (κ1) is 14.6. The number of hydrogen-bond acceptors (Lipinski definition) is 5. The SMILES string of the molecule is CCNC(=O)NC(=O)C(C)Oc1ccc(C=O)nc1. The van der Waals surface area contributed by atoms with Crippen LogP contribution in [0.15, 0.2) is 18.3 Å². The predicted octanol–water partition coefficient (Wildman–Crippen LogP) is 0.507. The number of rotatable bonds is 5. The number of ether oxygens (including phenoxy) is 1. The smallest absolute Gasteiger partial charge is 0.321 e. The van der Waals surface area contributed by atoms with Gasteiger partial charge in [0.1, 0.15) is 11.4 Å². The summed E-state index contributed by atoms with van der Waals surface area (Å²) in [6.07, 6.45) is 1.08. The molecular weight excluding hydrogens is 250 g/mol. The first-order valence-corrected chi connectivity index (χ1v) is 5.73. The van der Waals surface area contributed by atoms with E-state index < -0.39 is 18.0 Å². The number of hydrogen-bond donors (Lipinski definition) is 2. The molecule has 2 N–H and O–H groups in total. The highest BCUT2D eigenvalue weighted by Gasteiger charge is 2.17. The van der Waals surface area contributed by atoms with Crippen LogP contribution in [0.4, 0.5) is 4.79 Å². The Morgan fingerprint density at radius 3 is 2.74 bits per heavy atom. The van der Waals surface area contributed by atoms with Crippen molar-refractivity contribution in [3.05, 3.63) is 24.0 Å². The van der Waals surface area contributed by atoms with Gasteiger partial charge in [0, 0.05) is 6.54 Å². The molecule has 0 spiro atoms. The lowest BCUT2D eigenvalue weighted by atomic mass is 10.3. The quantitative estimate of drug-likeness (QED) is 0.756. The van der Waals surface area contributed by atoms with Gasteiger partial charge in [-0.25, -0.2) is 9.78 Å². The minimum atomic E-state index is -0.855. The van der Waals surface area contributed by atoms with Crippen molar-refractivity contribution in [3.63, 3.8) is 0 Å². The van der Waals surface area contributed by atoms with Gasteiger partial charge in [0.2, 0.25) is 0 Å². The van der Waals surface area contributed by atoms with Gasteiger partial charge in [-0.2, -0.15) is 0 Å². The van der Waals surface area contributed by atoms with Crippen LogP contribution in [0.5, 0.6) is 5.75 Å². The van der Waals surface area contributed by atoms with Crippen molar-refractivity contribution in [2.24, 2.45) is 0 Å². The van der Waals surface area contributed by atoms with E-state index in [1.165, 1.54) is 25.3 Å². The topological polar surface area (TPSA) is 97.4 Å². The van der Waals surface area contributed by atoms with Crippen molar-refractivity contribution in [2.45, 2.75) is 20.0 Å². The van der Waals surface area contributed by atoms with E-state index in [1.807, 2.05) is 0 Å². The van der Waals surface area contributed by atoms with Gasteiger partial charge in [-0.3, -0.25) is 14.9 Å². The molecule has 1 atom stereocenters. The standard InChI is InChI=1S/C12H15N3O4/c1-3-13-12(18)15-11(17)8(2)19-10-5-4-9(7-16)14-6-10/h4-8H,3H2,1-2H3,(H2,13,15,17,18). The van der Waals surface area contributed by atoms with Crippen LogP contribution in [0.2, 0.25) is 0 Å². The van der Waals surface area contributed by atoms with Gasteiger partial charge >= 0.3 is 6.03 Å². The fourth-order valence-corrected chi connectivity index (χ4v) is 1.21. The minimum Gasteiger partial charge on any atom is -0.479 e. The summed E-state index contributed by atoms with van der Waals surface area (Å²) >= 11 is 0. The predicted molar refractivity (Wildman–Crippen MR) is 66.9 cm³/mol. The zero-order chi connectivity index (χ0) is 14.3. The van der Waals surface area contributed by atoms with Crippen LogP contribution in [0.3, 0.4) is 0 Å². The Labute approximate surface area is 110 Å². The van der Waals surface area contributed by atoms with Crippen molar-refractivity contribution in [1.82, 2.24) is 15.6 Å². The summed E-state index contributed by atoms with van der Waals surface area (Å²) in [6, 6.07) is 2.42. The maximum atomic E-state index is 11.6. The molecule has 102 valence electrons. The van der Waals surface area contributed by atoms with Crippen molar-refractivity contribution >= 4 is 18.2 Å². The van der Waals surface area contributed by atoms with E-state index in [4.69, 9.17) is 4.74 Å². The third-order valence-corrected chi connectivity index (χ3v) is 2.14. The number of carbonyl (C=O) groups is 3. The number of nitrogens with zero attached hydrogens (tertiary/aromatic N) is 1. The van der Waals surface area contributed by atoms with Crippen molar-refractivity contribution < 1.29 is 19.1 Å². The van der Waals surface area contributed by atoms with Crippen LogP contribution in [-0.4, -0.2) is 35.9 Å². The average molecular weight is 265 g/mol. The number of aldehydes is 1. The Bertz CT molecular complexity index is 459. The van der Waals surface area contributed by atoms with Crippen LogP contribution >= 0.6 is 0 Å². The van der Waals surface area contributed by atoms with Gasteiger partial charge < -0.3 is 10.1 Å². The zero-order valence-electron chi connectivity index (χ0n) is 10.7. The lowest BCUT2D eigenvalue weighted by Gasteiger charge is -2.13. The molecule has 0 aliphatic heterocycles. The second kappa shape index (κ2) is 7.10. The molecular formula is C12H15N3O4. The van der Waals surface area contributed by atoms with E-state index in [-0.39, 0.29) is 5.69 Å². The van der Waals surface area contributed by atoms with E-state index in [0.29, 0.717) is 18.6 Å². The number of pyridine rings is 1.